The van der Waals surface area contributed by atoms with E-state index in [1.54, 1.807) is 11.8 Å². The van der Waals surface area contributed by atoms with Crippen LogP contribution < -0.4 is 15.1 Å². The molecule has 0 radical (unpaired) electrons. The summed E-state index contributed by atoms with van der Waals surface area (Å²) in [5, 5.41) is 3.10. The Morgan fingerprint density at radius 1 is 1.19 bits per heavy atom. The van der Waals surface area contributed by atoms with Gasteiger partial charge in [0.05, 0.1) is 24.6 Å². The lowest BCUT2D eigenvalue weighted by atomic mass is 10.2. The number of carbonyl (C=O) groups excluding carboxylic acids is 2. The van der Waals surface area contributed by atoms with Gasteiger partial charge in [0.25, 0.3) is 0 Å². The van der Waals surface area contributed by atoms with Crippen LogP contribution in [0.4, 0.5) is 11.4 Å². The molecule has 2 fully saturated rings. The molecule has 1 saturated heterocycles. The summed E-state index contributed by atoms with van der Waals surface area (Å²) in [6, 6.07) is 8.23. The van der Waals surface area contributed by atoms with Crippen molar-refractivity contribution in [1.82, 2.24) is 5.32 Å². The number of anilines is 2. The van der Waals surface area contributed by atoms with Crippen LogP contribution >= 0.6 is 0 Å². The number of morpholine rings is 1. The lowest BCUT2D eigenvalue weighted by Crippen LogP contribution is -2.40. The molecule has 6 nitrogen and oxygen atoms in total. The summed E-state index contributed by atoms with van der Waals surface area (Å²) in [6.45, 7) is 4.96. The Labute approximate surface area is 155 Å². The first-order valence-electron chi connectivity index (χ1n) is 9.64. The maximum atomic E-state index is 12.3. The summed E-state index contributed by atoms with van der Waals surface area (Å²) in [7, 11) is 0. The molecule has 0 spiro atoms. The average Bonchev–Trinajstić information content (AvgIpc) is 3.15. The lowest BCUT2D eigenvalue weighted by molar-refractivity contribution is -0.121. The highest BCUT2D eigenvalue weighted by Crippen LogP contribution is 2.30. The number of nitrogens with zero attached hydrogens (tertiary/aromatic N) is 2. The second kappa shape index (κ2) is 9.03. The highest BCUT2D eigenvalue weighted by molar-refractivity contribution is 5.96. The SMILES string of the molecule is CC(=O)N(CCC(=O)NC1CCCC1)c1ccccc1N1CCOCC1. The molecule has 0 atom stereocenters. The lowest BCUT2D eigenvalue weighted by Gasteiger charge is -2.33. The smallest absolute Gasteiger partial charge is 0.223 e. The van der Waals surface area contributed by atoms with Crippen molar-refractivity contribution in [1.29, 1.82) is 0 Å². The summed E-state index contributed by atoms with van der Waals surface area (Å²) in [5.74, 6) is -0.00798. The zero-order valence-corrected chi connectivity index (χ0v) is 15.6. The quantitative estimate of drug-likeness (QED) is 0.847. The van der Waals surface area contributed by atoms with Crippen molar-refractivity contribution in [2.24, 2.45) is 0 Å². The molecule has 0 unspecified atom stereocenters. The zero-order valence-electron chi connectivity index (χ0n) is 15.6. The van der Waals surface area contributed by atoms with Crippen molar-refractivity contribution >= 4 is 23.2 Å². The van der Waals surface area contributed by atoms with Gasteiger partial charge in [-0.3, -0.25) is 9.59 Å². The van der Waals surface area contributed by atoms with E-state index in [0.29, 0.717) is 32.2 Å². The number of para-hydroxylation sites is 2. The third-order valence-electron chi connectivity index (χ3n) is 5.19. The van der Waals surface area contributed by atoms with Crippen LogP contribution in [0, 0.1) is 0 Å². The van der Waals surface area contributed by atoms with Gasteiger partial charge in [-0.15, -0.1) is 0 Å². The predicted molar refractivity (Wildman–Crippen MR) is 103 cm³/mol. The molecule has 1 aromatic rings. The minimum atomic E-state index is -0.0422. The number of carbonyl (C=O) groups is 2. The maximum Gasteiger partial charge on any atom is 0.223 e. The summed E-state index contributed by atoms with van der Waals surface area (Å²) in [5.41, 5.74) is 1.90. The van der Waals surface area contributed by atoms with Gasteiger partial charge in [-0.2, -0.15) is 0 Å². The Morgan fingerprint density at radius 3 is 2.58 bits per heavy atom. The van der Waals surface area contributed by atoms with Crippen molar-refractivity contribution in [3.8, 4) is 0 Å². The molecule has 1 N–H and O–H groups in total. The van der Waals surface area contributed by atoms with E-state index >= 15 is 0 Å². The number of hydrogen-bond donors (Lipinski definition) is 1. The largest absolute Gasteiger partial charge is 0.378 e. The predicted octanol–water partition coefficient (Wildman–Crippen LogP) is 2.33. The van der Waals surface area contributed by atoms with Crippen molar-refractivity contribution in [2.75, 3.05) is 42.6 Å². The van der Waals surface area contributed by atoms with Crippen molar-refractivity contribution in [3.63, 3.8) is 0 Å². The van der Waals surface area contributed by atoms with E-state index in [1.165, 1.54) is 12.8 Å². The number of ether oxygens (including phenoxy) is 1. The molecule has 1 aliphatic heterocycles. The first kappa shape index (κ1) is 18.7. The molecular formula is C20H29N3O3. The molecule has 142 valence electrons. The topological polar surface area (TPSA) is 61.9 Å². The van der Waals surface area contributed by atoms with Crippen LogP contribution in [0.25, 0.3) is 0 Å². The molecule has 1 aliphatic carbocycles. The van der Waals surface area contributed by atoms with E-state index in [4.69, 9.17) is 4.74 Å². The third-order valence-corrected chi connectivity index (χ3v) is 5.19. The maximum absolute atomic E-state index is 12.3. The molecule has 0 aromatic heterocycles. The van der Waals surface area contributed by atoms with E-state index in [-0.39, 0.29) is 11.8 Å². The van der Waals surface area contributed by atoms with Gasteiger partial charge in [0, 0.05) is 39.0 Å². The van der Waals surface area contributed by atoms with Gasteiger partial charge < -0.3 is 19.9 Å². The summed E-state index contributed by atoms with van der Waals surface area (Å²) >= 11 is 0. The van der Waals surface area contributed by atoms with Crippen molar-refractivity contribution in [3.05, 3.63) is 24.3 Å². The molecule has 1 aromatic carbocycles. The monoisotopic (exact) mass is 359 g/mol. The van der Waals surface area contributed by atoms with Crippen molar-refractivity contribution < 1.29 is 14.3 Å². The number of rotatable bonds is 6. The highest BCUT2D eigenvalue weighted by atomic mass is 16.5. The number of nitrogens with one attached hydrogen (secondary N) is 1. The molecule has 26 heavy (non-hydrogen) atoms. The highest BCUT2D eigenvalue weighted by Gasteiger charge is 2.22. The fourth-order valence-electron chi connectivity index (χ4n) is 3.79. The van der Waals surface area contributed by atoms with E-state index in [2.05, 4.69) is 10.2 Å². The van der Waals surface area contributed by atoms with Crippen LogP contribution in [0.5, 0.6) is 0 Å². The third kappa shape index (κ3) is 4.75. The van der Waals surface area contributed by atoms with Gasteiger partial charge in [-0.1, -0.05) is 25.0 Å². The van der Waals surface area contributed by atoms with E-state index < -0.39 is 0 Å². The molecule has 2 aliphatic rings. The van der Waals surface area contributed by atoms with Gasteiger partial charge in [0.1, 0.15) is 0 Å². The van der Waals surface area contributed by atoms with Gasteiger partial charge in [-0.25, -0.2) is 0 Å². The first-order chi connectivity index (χ1) is 12.6. The Morgan fingerprint density at radius 2 is 1.88 bits per heavy atom. The number of hydrogen-bond acceptors (Lipinski definition) is 4. The van der Waals surface area contributed by atoms with Gasteiger partial charge in [-0.05, 0) is 25.0 Å². The van der Waals surface area contributed by atoms with Crippen LogP contribution in [-0.2, 0) is 14.3 Å². The second-order valence-electron chi connectivity index (χ2n) is 7.06. The Hall–Kier alpha value is -2.08. The molecule has 2 amide bonds. The van der Waals surface area contributed by atoms with E-state index in [0.717, 1.165) is 37.3 Å². The molecule has 1 saturated carbocycles. The van der Waals surface area contributed by atoms with Gasteiger partial charge in [0.2, 0.25) is 11.8 Å². The Balaban J connectivity index is 1.67. The van der Waals surface area contributed by atoms with Crippen LogP contribution in [-0.4, -0.2) is 50.7 Å². The molecule has 3 rings (SSSR count). The van der Waals surface area contributed by atoms with Crippen LogP contribution in [0.15, 0.2) is 24.3 Å². The van der Waals surface area contributed by atoms with Crippen LogP contribution in [0.1, 0.15) is 39.0 Å². The normalized spacial score (nSPS) is 18.0. The standard InChI is InChI=1S/C20H29N3O3/c1-16(24)23(11-10-20(25)21-17-6-2-3-7-17)19-9-5-4-8-18(19)22-12-14-26-15-13-22/h4-5,8-9,17H,2-3,6-7,10-15H2,1H3,(H,21,25). The van der Waals surface area contributed by atoms with Crippen LogP contribution in [0.2, 0.25) is 0 Å². The molecule has 6 heteroatoms. The van der Waals surface area contributed by atoms with Gasteiger partial charge in [0.15, 0.2) is 0 Å². The van der Waals surface area contributed by atoms with Crippen molar-refractivity contribution in [2.45, 2.75) is 45.1 Å². The molecular weight excluding hydrogens is 330 g/mol. The second-order valence-corrected chi connectivity index (χ2v) is 7.06. The summed E-state index contributed by atoms with van der Waals surface area (Å²) in [4.78, 5) is 28.5. The van der Waals surface area contributed by atoms with E-state index in [9.17, 15) is 9.59 Å². The fraction of sp³-hybridized carbons (Fsp3) is 0.600. The molecule has 0 bridgehead atoms. The summed E-state index contributed by atoms with van der Waals surface area (Å²) < 4.78 is 5.44. The summed E-state index contributed by atoms with van der Waals surface area (Å²) in [6.07, 6.45) is 4.85. The average molecular weight is 359 g/mol. The minimum Gasteiger partial charge on any atom is -0.378 e. The zero-order chi connectivity index (χ0) is 18.4. The fourth-order valence-corrected chi connectivity index (χ4v) is 3.79. The Kier molecular flexibility index (Phi) is 6.50. The van der Waals surface area contributed by atoms with Crippen LogP contribution in [0.3, 0.4) is 0 Å². The number of amides is 2. The van der Waals surface area contributed by atoms with Gasteiger partial charge >= 0.3 is 0 Å². The Bertz CT molecular complexity index is 622. The molecule has 1 heterocycles. The minimum absolute atomic E-state index is 0.0343. The first-order valence-corrected chi connectivity index (χ1v) is 9.64. The number of benzene rings is 1. The van der Waals surface area contributed by atoms with E-state index in [1.807, 2.05) is 24.3 Å².